The van der Waals surface area contributed by atoms with Crippen molar-refractivity contribution < 1.29 is 43.2 Å². The SMILES string of the molecule is CC(=O)N[C@@H](Cc1cnc[nH]1)C(=O)N[C@@H](CS)C(=O)N[C@@H](CCCCN)C(=O)N[C@@H](CCCCN)C(=O)N[C@@H](CC(C)C)C(=O)NCC(=O)N[C@@H](CCCCN)C(=O)N[C@@H](Cc1ccccc1)C(N)=O. The normalized spacial score (nSPS) is 14.1. The first-order chi connectivity index (χ1) is 33.4. The van der Waals surface area contributed by atoms with Crippen molar-refractivity contribution in [1.29, 1.82) is 0 Å². The molecular weight excluding hydrogens is 925 g/mol. The second-order valence-corrected chi connectivity index (χ2v) is 17.8. The van der Waals surface area contributed by atoms with Crippen LogP contribution in [0.1, 0.15) is 96.2 Å². The maximum atomic E-state index is 14.0. The molecule has 24 heteroatoms. The summed E-state index contributed by atoms with van der Waals surface area (Å²) < 4.78 is 0. The van der Waals surface area contributed by atoms with Crippen LogP contribution in [-0.4, -0.2) is 137 Å². The molecule has 1 aromatic heterocycles. The van der Waals surface area contributed by atoms with Crippen LogP contribution in [0.3, 0.4) is 0 Å². The Morgan fingerprint density at radius 1 is 0.586 bits per heavy atom. The molecule has 1 heterocycles. The van der Waals surface area contributed by atoms with E-state index in [0.29, 0.717) is 63.9 Å². The van der Waals surface area contributed by atoms with Crippen LogP contribution in [-0.2, 0) is 56.0 Å². The van der Waals surface area contributed by atoms with Gasteiger partial charge in [-0.15, -0.1) is 0 Å². The van der Waals surface area contributed by atoms with E-state index in [4.69, 9.17) is 22.9 Å². The molecule has 390 valence electrons. The van der Waals surface area contributed by atoms with E-state index in [2.05, 4.69) is 65.1 Å². The van der Waals surface area contributed by atoms with Gasteiger partial charge in [0, 0.05) is 37.4 Å². The number of thiol groups is 1. The highest BCUT2D eigenvalue weighted by molar-refractivity contribution is 7.80. The van der Waals surface area contributed by atoms with Crippen LogP contribution in [0.2, 0.25) is 0 Å². The number of hydrogen-bond acceptors (Lipinski definition) is 14. The molecule has 0 aliphatic heterocycles. The summed E-state index contributed by atoms with van der Waals surface area (Å²) in [6, 6.07) is 0.934. The number of carbonyl (C=O) groups is 9. The highest BCUT2D eigenvalue weighted by atomic mass is 32.1. The van der Waals surface area contributed by atoms with Crippen molar-refractivity contribution in [3.63, 3.8) is 0 Å². The number of primary amides is 1. The van der Waals surface area contributed by atoms with E-state index in [0.717, 1.165) is 5.56 Å². The van der Waals surface area contributed by atoms with Gasteiger partial charge in [0.15, 0.2) is 0 Å². The summed E-state index contributed by atoms with van der Waals surface area (Å²) in [5, 5.41) is 21.1. The first-order valence-corrected chi connectivity index (χ1v) is 24.4. The average Bonchev–Trinajstić information content (AvgIpc) is 3.84. The highest BCUT2D eigenvalue weighted by Crippen LogP contribution is 2.11. The number of imidazole rings is 1. The van der Waals surface area contributed by atoms with E-state index in [1.807, 2.05) is 19.9 Å². The molecule has 17 N–H and O–H groups in total. The lowest BCUT2D eigenvalue weighted by Gasteiger charge is -2.27. The van der Waals surface area contributed by atoms with Crippen molar-refractivity contribution in [2.75, 3.05) is 31.9 Å². The monoisotopic (exact) mass is 1000 g/mol. The fourth-order valence-electron chi connectivity index (χ4n) is 7.22. The van der Waals surface area contributed by atoms with Crippen molar-refractivity contribution in [1.82, 2.24) is 52.5 Å². The van der Waals surface area contributed by atoms with Gasteiger partial charge < -0.3 is 70.5 Å². The van der Waals surface area contributed by atoms with Gasteiger partial charge in [0.2, 0.25) is 53.2 Å². The van der Waals surface area contributed by atoms with E-state index >= 15 is 0 Å². The van der Waals surface area contributed by atoms with E-state index < -0.39 is 102 Å². The standard InChI is InChI=1S/C46H76N14O9S/c1-28(2)21-36(41(64)52-25-39(62)55-32(15-7-10-18-47)42(65)58-35(40(50)63)22-30-13-5-4-6-14-30)59-44(67)34(17-9-12-20-49)56-43(66)33(16-8-11-19-48)57-46(69)38(26-70)60-45(68)37(54-29(3)61)23-31-24-51-27-53-31/h4-6,13-14,24,27-28,32-38,70H,7-12,15-23,25-26,47-49H2,1-3H3,(H2,50,63)(H,51,53)(H,52,64)(H,54,61)(H,55,62)(H,56,66)(H,57,69)(H,58,65)(H,59,67)(H,60,68)/t32-,33-,34-,35-,36-,37-,38-/m0/s1. The van der Waals surface area contributed by atoms with Crippen LogP contribution >= 0.6 is 12.6 Å². The van der Waals surface area contributed by atoms with Crippen LogP contribution in [0, 0.1) is 5.92 Å². The van der Waals surface area contributed by atoms with Gasteiger partial charge in [0.05, 0.1) is 12.9 Å². The molecule has 0 spiro atoms. The van der Waals surface area contributed by atoms with Crippen molar-refractivity contribution >= 4 is 65.8 Å². The highest BCUT2D eigenvalue weighted by Gasteiger charge is 2.33. The molecule has 2 rings (SSSR count). The van der Waals surface area contributed by atoms with E-state index in [1.165, 1.54) is 19.4 Å². The van der Waals surface area contributed by atoms with Crippen LogP contribution < -0.4 is 65.5 Å². The Morgan fingerprint density at radius 3 is 1.51 bits per heavy atom. The third-order valence-corrected chi connectivity index (χ3v) is 11.3. The third kappa shape index (κ3) is 23.5. The zero-order valence-corrected chi connectivity index (χ0v) is 41.5. The summed E-state index contributed by atoms with van der Waals surface area (Å²) >= 11 is 4.27. The van der Waals surface area contributed by atoms with Gasteiger partial charge in [0.25, 0.3) is 0 Å². The Kier molecular flexibility index (Phi) is 28.7. The molecule has 7 atom stereocenters. The van der Waals surface area contributed by atoms with E-state index in [1.54, 1.807) is 24.3 Å². The lowest BCUT2D eigenvalue weighted by Crippen LogP contribution is -2.59. The molecule has 0 aliphatic rings. The molecule has 0 aliphatic carbocycles. The largest absolute Gasteiger partial charge is 0.368 e. The fourth-order valence-corrected chi connectivity index (χ4v) is 7.48. The molecule has 0 saturated carbocycles. The number of H-pyrrole nitrogens is 1. The van der Waals surface area contributed by atoms with Crippen molar-refractivity contribution in [2.24, 2.45) is 28.9 Å². The lowest BCUT2D eigenvalue weighted by atomic mass is 10.0. The lowest BCUT2D eigenvalue weighted by molar-refractivity contribution is -0.135. The Morgan fingerprint density at radius 2 is 1.06 bits per heavy atom. The molecule has 23 nitrogen and oxygen atoms in total. The van der Waals surface area contributed by atoms with Gasteiger partial charge in [-0.2, -0.15) is 12.6 Å². The number of aromatic nitrogens is 2. The minimum absolute atomic E-state index is 0.0485. The summed E-state index contributed by atoms with van der Waals surface area (Å²) in [7, 11) is 0. The second kappa shape index (κ2) is 33.4. The predicted octanol–water partition coefficient (Wildman–Crippen LogP) is -2.43. The summed E-state index contributed by atoms with van der Waals surface area (Å²) in [5.41, 5.74) is 24.1. The Balaban J connectivity index is 2.22. The zero-order valence-electron chi connectivity index (χ0n) is 40.6. The number of amides is 9. The predicted molar refractivity (Wildman–Crippen MR) is 266 cm³/mol. The number of rotatable bonds is 35. The molecule has 1 aromatic carbocycles. The molecule has 0 saturated heterocycles. The van der Waals surface area contributed by atoms with E-state index in [-0.39, 0.29) is 50.2 Å². The molecular formula is C46H76N14O9S. The minimum atomic E-state index is -1.24. The first kappa shape index (κ1) is 60.0. The first-order valence-electron chi connectivity index (χ1n) is 23.8. The van der Waals surface area contributed by atoms with Crippen LogP contribution in [0.5, 0.6) is 0 Å². The molecule has 9 amide bonds. The molecule has 2 aromatic rings. The summed E-state index contributed by atoms with van der Waals surface area (Å²) in [5.74, 6) is -6.46. The van der Waals surface area contributed by atoms with Gasteiger partial charge in [-0.1, -0.05) is 44.2 Å². The topological polar surface area (TPSA) is 383 Å². The average molecular weight is 1000 g/mol. The fraction of sp³-hybridized carbons (Fsp3) is 0.609. The van der Waals surface area contributed by atoms with Crippen molar-refractivity contribution in [3.05, 3.63) is 54.1 Å². The van der Waals surface area contributed by atoms with Gasteiger partial charge in [-0.25, -0.2) is 4.98 Å². The number of unbranched alkanes of at least 4 members (excludes halogenated alkanes) is 3. The summed E-state index contributed by atoms with van der Waals surface area (Å²) in [6.07, 6.45) is 6.50. The molecule has 70 heavy (non-hydrogen) atoms. The number of hydrogen-bond donors (Lipinski definition) is 14. The number of nitrogens with two attached hydrogens (primary N) is 4. The van der Waals surface area contributed by atoms with Gasteiger partial charge >= 0.3 is 0 Å². The summed E-state index contributed by atoms with van der Waals surface area (Å²) in [4.78, 5) is 127. The molecule has 0 fully saturated rings. The maximum Gasteiger partial charge on any atom is 0.244 e. The Hall–Kier alpha value is -6.11. The Labute approximate surface area is 415 Å². The minimum Gasteiger partial charge on any atom is -0.368 e. The summed E-state index contributed by atoms with van der Waals surface area (Å²) in [6.45, 7) is 5.29. The number of carbonyl (C=O) groups excluding carboxylic acids is 9. The van der Waals surface area contributed by atoms with Gasteiger partial charge in [0.1, 0.15) is 42.3 Å². The Bertz CT molecular complexity index is 1960. The molecule has 0 bridgehead atoms. The number of nitrogens with one attached hydrogen (secondary N) is 9. The van der Waals surface area contributed by atoms with Crippen molar-refractivity contribution in [2.45, 2.75) is 140 Å². The maximum absolute atomic E-state index is 14.0. The van der Waals surface area contributed by atoms with Gasteiger partial charge in [-0.05, 0) is 95.3 Å². The quantitative estimate of drug-likeness (QED) is 0.0253. The molecule has 0 radical (unpaired) electrons. The second-order valence-electron chi connectivity index (χ2n) is 17.4. The van der Waals surface area contributed by atoms with Gasteiger partial charge in [-0.3, -0.25) is 43.2 Å². The number of nitrogens with zero attached hydrogens (tertiary/aromatic N) is 1. The van der Waals surface area contributed by atoms with Crippen LogP contribution in [0.15, 0.2) is 42.9 Å². The third-order valence-electron chi connectivity index (χ3n) is 11.0. The number of benzene rings is 1. The number of aromatic amines is 1. The van der Waals surface area contributed by atoms with Crippen LogP contribution in [0.4, 0.5) is 0 Å². The molecule has 0 unspecified atom stereocenters. The smallest absolute Gasteiger partial charge is 0.244 e. The van der Waals surface area contributed by atoms with E-state index in [9.17, 15) is 43.2 Å². The van der Waals surface area contributed by atoms with Crippen molar-refractivity contribution in [3.8, 4) is 0 Å². The zero-order chi connectivity index (χ0) is 52.0. The van der Waals surface area contributed by atoms with Crippen LogP contribution in [0.25, 0.3) is 0 Å².